The van der Waals surface area contributed by atoms with Crippen LogP contribution in [0.4, 0.5) is 5.69 Å². The van der Waals surface area contributed by atoms with E-state index < -0.39 is 10.8 Å². The van der Waals surface area contributed by atoms with Gasteiger partial charge in [-0.1, -0.05) is 34.5 Å². The van der Waals surface area contributed by atoms with Crippen LogP contribution in [-0.4, -0.2) is 22.2 Å². The first-order valence-corrected chi connectivity index (χ1v) is 6.57. The summed E-state index contributed by atoms with van der Waals surface area (Å²) in [4.78, 5) is 22.3. The minimum Gasteiger partial charge on any atom is -0.352 e. The number of nitro benzene ring substituents is 1. The van der Waals surface area contributed by atoms with Crippen LogP contribution in [0.5, 0.6) is 0 Å². The number of halogens is 2. The average Bonchev–Trinajstić information content (AvgIpc) is 2.27. The van der Waals surface area contributed by atoms with E-state index in [2.05, 4.69) is 21.2 Å². The first kappa shape index (κ1) is 14.9. The highest BCUT2D eigenvalue weighted by Crippen LogP contribution is 2.22. The lowest BCUT2D eigenvalue weighted by Gasteiger charge is -2.07. The summed E-state index contributed by atoms with van der Waals surface area (Å²) in [6.45, 7) is 2.39. The third-order valence-electron chi connectivity index (χ3n) is 2.23. The van der Waals surface area contributed by atoms with Crippen molar-refractivity contribution >= 4 is 39.1 Å². The summed E-state index contributed by atoms with van der Waals surface area (Å²) in [7, 11) is 0. The molecule has 0 saturated heterocycles. The molecule has 0 fully saturated rings. The number of nitrogens with one attached hydrogen (secondary N) is 1. The largest absolute Gasteiger partial charge is 0.352 e. The Kier molecular flexibility index (Phi) is 5.55. The van der Waals surface area contributed by atoms with E-state index in [1.165, 1.54) is 18.2 Å². The molecular formula is C11H12BrClN2O3. The molecule has 1 aromatic rings. The molecule has 1 amide bonds. The smallest absolute Gasteiger partial charge is 0.282 e. The van der Waals surface area contributed by atoms with Crippen LogP contribution in [-0.2, 0) is 0 Å². The van der Waals surface area contributed by atoms with Crippen molar-refractivity contribution in [3.63, 3.8) is 0 Å². The van der Waals surface area contributed by atoms with Crippen LogP contribution >= 0.6 is 27.5 Å². The van der Waals surface area contributed by atoms with Gasteiger partial charge in [-0.3, -0.25) is 14.9 Å². The Morgan fingerprint density at radius 3 is 2.83 bits per heavy atom. The molecule has 98 valence electrons. The predicted octanol–water partition coefficient (Wildman–Crippen LogP) is 3.15. The van der Waals surface area contributed by atoms with Gasteiger partial charge in [0, 0.05) is 22.5 Å². The van der Waals surface area contributed by atoms with Crippen molar-refractivity contribution in [2.24, 2.45) is 0 Å². The molecule has 0 bridgehead atoms. The summed E-state index contributed by atoms with van der Waals surface area (Å²) in [6, 6.07) is 3.91. The molecule has 0 heterocycles. The van der Waals surface area contributed by atoms with E-state index >= 15 is 0 Å². The SMILES string of the molecule is CC(Br)CCNC(=O)c1cc(Cl)ccc1[N+](=O)[O-]. The van der Waals surface area contributed by atoms with E-state index in [-0.39, 0.29) is 16.1 Å². The van der Waals surface area contributed by atoms with Gasteiger partial charge in [-0.05, 0) is 18.6 Å². The number of carbonyl (C=O) groups excluding carboxylic acids is 1. The highest BCUT2D eigenvalue weighted by Gasteiger charge is 2.20. The Balaban J connectivity index is 2.84. The van der Waals surface area contributed by atoms with E-state index in [0.29, 0.717) is 11.6 Å². The molecule has 0 aromatic heterocycles. The zero-order chi connectivity index (χ0) is 13.7. The van der Waals surface area contributed by atoms with Gasteiger partial charge in [0.25, 0.3) is 11.6 Å². The highest BCUT2D eigenvalue weighted by atomic mass is 79.9. The number of nitro groups is 1. The Hall–Kier alpha value is -1.14. The summed E-state index contributed by atoms with van der Waals surface area (Å²) in [6.07, 6.45) is 0.736. The van der Waals surface area contributed by atoms with Gasteiger partial charge >= 0.3 is 0 Å². The molecule has 0 aliphatic carbocycles. The van der Waals surface area contributed by atoms with Gasteiger partial charge in [0.05, 0.1) is 4.92 Å². The molecule has 0 spiro atoms. The topological polar surface area (TPSA) is 72.2 Å². The van der Waals surface area contributed by atoms with Crippen LogP contribution in [0.1, 0.15) is 23.7 Å². The number of alkyl halides is 1. The van der Waals surface area contributed by atoms with Gasteiger partial charge in [0.15, 0.2) is 0 Å². The fraction of sp³-hybridized carbons (Fsp3) is 0.364. The minimum absolute atomic E-state index is 0.0188. The summed E-state index contributed by atoms with van der Waals surface area (Å²) in [5, 5.41) is 13.7. The second-order valence-electron chi connectivity index (χ2n) is 3.74. The Morgan fingerprint density at radius 2 is 2.28 bits per heavy atom. The zero-order valence-corrected chi connectivity index (χ0v) is 12.0. The van der Waals surface area contributed by atoms with Crippen LogP contribution in [0.25, 0.3) is 0 Å². The third kappa shape index (κ3) is 4.27. The fourth-order valence-corrected chi connectivity index (χ4v) is 1.73. The molecule has 18 heavy (non-hydrogen) atoms. The molecule has 1 unspecified atom stereocenters. The minimum atomic E-state index is -0.599. The fourth-order valence-electron chi connectivity index (χ4n) is 1.33. The van der Waals surface area contributed by atoms with Crippen LogP contribution < -0.4 is 5.32 Å². The standard InChI is InChI=1S/C11H12BrClN2O3/c1-7(12)4-5-14-11(16)9-6-8(13)2-3-10(9)15(17)18/h2-3,6-7H,4-5H2,1H3,(H,14,16). The van der Waals surface area contributed by atoms with Crippen molar-refractivity contribution in [2.45, 2.75) is 18.2 Å². The number of hydrogen-bond acceptors (Lipinski definition) is 3. The molecule has 5 nitrogen and oxygen atoms in total. The maximum atomic E-state index is 11.8. The van der Waals surface area contributed by atoms with Crippen LogP contribution in [0.2, 0.25) is 5.02 Å². The van der Waals surface area contributed by atoms with E-state index in [0.717, 1.165) is 6.42 Å². The lowest BCUT2D eigenvalue weighted by Crippen LogP contribution is -2.26. The van der Waals surface area contributed by atoms with E-state index in [4.69, 9.17) is 11.6 Å². The summed E-state index contributed by atoms with van der Waals surface area (Å²) < 4.78 is 0. The van der Waals surface area contributed by atoms with Gasteiger partial charge in [-0.25, -0.2) is 0 Å². The van der Waals surface area contributed by atoms with Crippen molar-refractivity contribution < 1.29 is 9.72 Å². The molecule has 1 atom stereocenters. The first-order valence-electron chi connectivity index (χ1n) is 5.28. The van der Waals surface area contributed by atoms with Gasteiger partial charge in [-0.2, -0.15) is 0 Å². The van der Waals surface area contributed by atoms with Crippen LogP contribution in [0.3, 0.4) is 0 Å². The van der Waals surface area contributed by atoms with Crippen molar-refractivity contribution in [3.8, 4) is 0 Å². The van der Waals surface area contributed by atoms with Crippen LogP contribution in [0.15, 0.2) is 18.2 Å². The molecular weight excluding hydrogens is 323 g/mol. The number of nitrogens with zero attached hydrogens (tertiary/aromatic N) is 1. The third-order valence-corrected chi connectivity index (χ3v) is 2.92. The Labute approximate surface area is 118 Å². The maximum absolute atomic E-state index is 11.8. The summed E-state index contributed by atoms with van der Waals surface area (Å²) in [5.74, 6) is -0.489. The maximum Gasteiger partial charge on any atom is 0.282 e. The normalized spacial score (nSPS) is 11.9. The van der Waals surface area contributed by atoms with E-state index in [9.17, 15) is 14.9 Å². The molecule has 1 aromatic carbocycles. The second-order valence-corrected chi connectivity index (χ2v) is 5.74. The van der Waals surface area contributed by atoms with Gasteiger partial charge < -0.3 is 5.32 Å². The second kappa shape index (κ2) is 6.70. The van der Waals surface area contributed by atoms with Crippen molar-refractivity contribution in [3.05, 3.63) is 38.9 Å². The quantitative estimate of drug-likeness (QED) is 0.510. The Bertz CT molecular complexity index is 466. The van der Waals surface area contributed by atoms with E-state index in [1.807, 2.05) is 6.92 Å². The van der Waals surface area contributed by atoms with Gasteiger partial charge in [0.1, 0.15) is 5.56 Å². The summed E-state index contributed by atoms with van der Waals surface area (Å²) >= 11 is 9.09. The van der Waals surface area contributed by atoms with E-state index in [1.54, 1.807) is 0 Å². The monoisotopic (exact) mass is 334 g/mol. The number of amides is 1. The number of rotatable bonds is 5. The number of carbonyl (C=O) groups is 1. The molecule has 0 aliphatic rings. The Morgan fingerprint density at radius 1 is 1.61 bits per heavy atom. The average molecular weight is 336 g/mol. The lowest BCUT2D eigenvalue weighted by atomic mass is 10.1. The van der Waals surface area contributed by atoms with Crippen molar-refractivity contribution in [1.29, 1.82) is 0 Å². The zero-order valence-electron chi connectivity index (χ0n) is 9.65. The summed E-state index contributed by atoms with van der Waals surface area (Å²) in [5.41, 5.74) is -0.265. The molecule has 0 aliphatic heterocycles. The highest BCUT2D eigenvalue weighted by molar-refractivity contribution is 9.09. The van der Waals surface area contributed by atoms with Crippen molar-refractivity contribution in [1.82, 2.24) is 5.32 Å². The molecule has 0 radical (unpaired) electrons. The predicted molar refractivity (Wildman–Crippen MR) is 73.4 cm³/mol. The first-order chi connectivity index (χ1) is 8.41. The molecule has 0 saturated carbocycles. The molecule has 7 heteroatoms. The van der Waals surface area contributed by atoms with Gasteiger partial charge in [0.2, 0.25) is 0 Å². The van der Waals surface area contributed by atoms with Crippen molar-refractivity contribution in [2.75, 3.05) is 6.54 Å². The number of benzene rings is 1. The molecule has 1 rings (SSSR count). The van der Waals surface area contributed by atoms with Gasteiger partial charge in [-0.15, -0.1) is 0 Å². The van der Waals surface area contributed by atoms with Crippen LogP contribution in [0, 0.1) is 10.1 Å². The lowest BCUT2D eigenvalue weighted by molar-refractivity contribution is -0.385. The molecule has 1 N–H and O–H groups in total. The number of hydrogen-bond donors (Lipinski definition) is 1.